The molecule has 31 heavy (non-hydrogen) atoms. The summed E-state index contributed by atoms with van der Waals surface area (Å²) in [7, 11) is 0. The molecule has 6 rings (SSSR count). The van der Waals surface area contributed by atoms with Gasteiger partial charge in [-0.15, -0.1) is 0 Å². The maximum absolute atomic E-state index is 6.38. The predicted octanol–water partition coefficient (Wildman–Crippen LogP) is 8.10. The van der Waals surface area contributed by atoms with Gasteiger partial charge in [-0.3, -0.25) is 0 Å². The lowest BCUT2D eigenvalue weighted by molar-refractivity contribution is 0.514. The minimum absolute atomic E-state index is 0.581. The lowest BCUT2D eigenvalue weighted by Gasteiger charge is -2.05. The van der Waals surface area contributed by atoms with Crippen molar-refractivity contribution >= 4 is 21.9 Å². The lowest BCUT2D eigenvalue weighted by Crippen LogP contribution is -1.90. The highest BCUT2D eigenvalue weighted by atomic mass is 16.4. The highest BCUT2D eigenvalue weighted by Crippen LogP contribution is 2.40. The fourth-order valence-electron chi connectivity index (χ4n) is 4.43. The molecule has 2 heterocycles. The van der Waals surface area contributed by atoms with E-state index in [9.17, 15) is 0 Å². The molecule has 2 heteroatoms. The second-order valence-corrected chi connectivity index (χ2v) is 7.70. The fraction of sp³-hybridized carbons (Fsp3) is 0.0345. The van der Waals surface area contributed by atoms with Gasteiger partial charge in [-0.2, -0.15) is 0 Å². The molecule has 0 saturated carbocycles. The zero-order valence-corrected chi connectivity index (χ0v) is 16.9. The summed E-state index contributed by atoms with van der Waals surface area (Å²) in [4.78, 5) is 0. The SMILES string of the molecule is c1ccc(-c2c(Cc3oc4ccccc4c3-c3ccccc3)oc3ccccc23)cc1. The first-order chi connectivity index (χ1) is 15.4. The first-order valence-electron chi connectivity index (χ1n) is 10.5. The van der Waals surface area contributed by atoms with Gasteiger partial charge in [0.05, 0.1) is 6.42 Å². The first kappa shape index (κ1) is 17.8. The van der Waals surface area contributed by atoms with Crippen LogP contribution in [-0.2, 0) is 6.42 Å². The van der Waals surface area contributed by atoms with E-state index in [0.717, 1.165) is 55.7 Å². The van der Waals surface area contributed by atoms with Gasteiger partial charge in [0.1, 0.15) is 22.7 Å². The van der Waals surface area contributed by atoms with Crippen LogP contribution in [0.4, 0.5) is 0 Å². The molecule has 0 aliphatic carbocycles. The van der Waals surface area contributed by atoms with Crippen LogP contribution in [-0.4, -0.2) is 0 Å². The van der Waals surface area contributed by atoms with Crippen LogP contribution in [0.3, 0.4) is 0 Å². The van der Waals surface area contributed by atoms with E-state index in [2.05, 4.69) is 72.8 Å². The van der Waals surface area contributed by atoms with Crippen LogP contribution in [0.2, 0.25) is 0 Å². The summed E-state index contributed by atoms with van der Waals surface area (Å²) in [6.45, 7) is 0. The fourth-order valence-corrected chi connectivity index (χ4v) is 4.43. The van der Waals surface area contributed by atoms with Crippen molar-refractivity contribution in [1.29, 1.82) is 0 Å². The van der Waals surface area contributed by atoms with Crippen LogP contribution in [0.25, 0.3) is 44.2 Å². The first-order valence-corrected chi connectivity index (χ1v) is 10.5. The average Bonchev–Trinajstić information content (AvgIpc) is 3.38. The third kappa shape index (κ3) is 3.04. The van der Waals surface area contributed by atoms with E-state index in [1.54, 1.807) is 0 Å². The summed E-state index contributed by atoms with van der Waals surface area (Å²) in [6, 6.07) is 37.4. The third-order valence-corrected chi connectivity index (χ3v) is 5.78. The Bertz CT molecular complexity index is 1370. The molecule has 0 bridgehead atoms. The minimum atomic E-state index is 0.581. The van der Waals surface area contributed by atoms with Crippen LogP contribution in [0.15, 0.2) is 118 Å². The van der Waals surface area contributed by atoms with E-state index in [-0.39, 0.29) is 0 Å². The number of rotatable bonds is 4. The van der Waals surface area contributed by atoms with Crippen LogP contribution < -0.4 is 0 Å². The van der Waals surface area contributed by atoms with E-state index in [1.165, 1.54) is 0 Å². The summed E-state index contributed by atoms with van der Waals surface area (Å²) in [5.74, 6) is 1.84. The van der Waals surface area contributed by atoms with E-state index in [4.69, 9.17) is 8.83 Å². The monoisotopic (exact) mass is 400 g/mol. The van der Waals surface area contributed by atoms with Crippen molar-refractivity contribution in [2.75, 3.05) is 0 Å². The number of hydrogen-bond acceptors (Lipinski definition) is 2. The van der Waals surface area contributed by atoms with Crippen LogP contribution in [0, 0.1) is 0 Å². The van der Waals surface area contributed by atoms with Gasteiger partial charge >= 0.3 is 0 Å². The molecule has 4 aromatic carbocycles. The number of benzene rings is 4. The standard InChI is InChI=1S/C29H20O2/c1-3-11-20(12-4-1)28-22-15-7-9-17-24(22)30-26(28)19-27-29(21-13-5-2-6-14-21)23-16-8-10-18-25(23)31-27/h1-18H,19H2. The second-order valence-electron chi connectivity index (χ2n) is 7.70. The van der Waals surface area contributed by atoms with Gasteiger partial charge in [-0.25, -0.2) is 0 Å². The van der Waals surface area contributed by atoms with Crippen molar-refractivity contribution in [2.24, 2.45) is 0 Å². The van der Waals surface area contributed by atoms with Gasteiger partial charge < -0.3 is 8.83 Å². The molecule has 2 aromatic heterocycles. The Morgan fingerprint density at radius 2 is 0.806 bits per heavy atom. The van der Waals surface area contributed by atoms with Crippen LogP contribution in [0.5, 0.6) is 0 Å². The Morgan fingerprint density at radius 3 is 1.26 bits per heavy atom. The van der Waals surface area contributed by atoms with Gasteiger partial charge in [0.15, 0.2) is 0 Å². The molecule has 0 unspecified atom stereocenters. The zero-order chi connectivity index (χ0) is 20.6. The lowest BCUT2D eigenvalue weighted by atomic mass is 9.97. The third-order valence-electron chi connectivity index (χ3n) is 5.78. The molecule has 148 valence electrons. The highest BCUT2D eigenvalue weighted by molar-refractivity contribution is 5.98. The molecular formula is C29H20O2. The molecule has 0 atom stereocenters. The van der Waals surface area contributed by atoms with Crippen molar-refractivity contribution in [2.45, 2.75) is 6.42 Å². The quantitative estimate of drug-likeness (QED) is 0.299. The summed E-state index contributed by atoms with van der Waals surface area (Å²) >= 11 is 0. The number of hydrogen-bond donors (Lipinski definition) is 0. The van der Waals surface area contributed by atoms with Crippen molar-refractivity contribution in [3.8, 4) is 22.3 Å². The normalized spacial score (nSPS) is 11.4. The topological polar surface area (TPSA) is 26.3 Å². The maximum Gasteiger partial charge on any atom is 0.134 e. The largest absolute Gasteiger partial charge is 0.460 e. The Balaban J connectivity index is 1.58. The molecule has 0 aliphatic rings. The number of furan rings is 2. The van der Waals surface area contributed by atoms with Crippen molar-refractivity contribution in [1.82, 2.24) is 0 Å². The molecule has 0 N–H and O–H groups in total. The Hall–Kier alpha value is -4.04. The second kappa shape index (κ2) is 7.33. The van der Waals surface area contributed by atoms with E-state index in [1.807, 2.05) is 36.4 Å². The molecule has 0 fully saturated rings. The van der Waals surface area contributed by atoms with Crippen LogP contribution in [0.1, 0.15) is 11.5 Å². The zero-order valence-electron chi connectivity index (χ0n) is 16.9. The number of para-hydroxylation sites is 2. The molecule has 0 aliphatic heterocycles. The van der Waals surface area contributed by atoms with Gasteiger partial charge in [0, 0.05) is 21.9 Å². The molecule has 0 spiro atoms. The van der Waals surface area contributed by atoms with E-state index < -0.39 is 0 Å². The van der Waals surface area contributed by atoms with Crippen molar-refractivity contribution in [3.63, 3.8) is 0 Å². The molecular weight excluding hydrogens is 380 g/mol. The van der Waals surface area contributed by atoms with Gasteiger partial charge in [0.2, 0.25) is 0 Å². The van der Waals surface area contributed by atoms with Crippen molar-refractivity contribution < 1.29 is 8.83 Å². The summed E-state index contributed by atoms with van der Waals surface area (Å²) in [6.07, 6.45) is 0.581. The van der Waals surface area contributed by atoms with Gasteiger partial charge in [-0.1, -0.05) is 97.1 Å². The number of fused-ring (bicyclic) bond motifs is 2. The average molecular weight is 400 g/mol. The minimum Gasteiger partial charge on any atom is -0.460 e. The molecule has 0 amide bonds. The van der Waals surface area contributed by atoms with E-state index in [0.29, 0.717) is 6.42 Å². The van der Waals surface area contributed by atoms with Gasteiger partial charge in [0.25, 0.3) is 0 Å². The summed E-state index contributed by atoms with van der Waals surface area (Å²) < 4.78 is 12.8. The Kier molecular flexibility index (Phi) is 4.21. The van der Waals surface area contributed by atoms with Gasteiger partial charge in [-0.05, 0) is 23.3 Å². The molecule has 2 nitrogen and oxygen atoms in total. The van der Waals surface area contributed by atoms with E-state index >= 15 is 0 Å². The maximum atomic E-state index is 6.38. The highest BCUT2D eigenvalue weighted by Gasteiger charge is 2.21. The summed E-state index contributed by atoms with van der Waals surface area (Å²) in [5, 5.41) is 2.25. The molecule has 0 radical (unpaired) electrons. The summed E-state index contributed by atoms with van der Waals surface area (Å²) in [5.41, 5.74) is 6.37. The molecule has 6 aromatic rings. The Morgan fingerprint density at radius 1 is 0.419 bits per heavy atom. The predicted molar refractivity (Wildman–Crippen MR) is 126 cm³/mol. The van der Waals surface area contributed by atoms with Crippen LogP contribution >= 0.6 is 0 Å². The smallest absolute Gasteiger partial charge is 0.134 e. The van der Waals surface area contributed by atoms with Crippen molar-refractivity contribution in [3.05, 3.63) is 121 Å². The Labute approximate surface area is 180 Å². The molecule has 0 saturated heterocycles.